The number of unbranched alkanes of at least 4 members (excludes halogenated alkanes) is 3. The SMILES string of the molecule is CCCCCCC(C(C)=O)C1(C)CO1. The van der Waals surface area contributed by atoms with Gasteiger partial charge in [0.15, 0.2) is 0 Å². The minimum Gasteiger partial charge on any atom is -0.369 e. The predicted molar refractivity (Wildman–Crippen MR) is 57.3 cm³/mol. The van der Waals surface area contributed by atoms with E-state index in [1.807, 2.05) is 0 Å². The van der Waals surface area contributed by atoms with Crippen molar-refractivity contribution >= 4 is 5.78 Å². The van der Waals surface area contributed by atoms with Crippen LogP contribution < -0.4 is 0 Å². The summed E-state index contributed by atoms with van der Waals surface area (Å²) in [6, 6.07) is 0. The van der Waals surface area contributed by atoms with E-state index in [1.54, 1.807) is 6.92 Å². The highest BCUT2D eigenvalue weighted by Gasteiger charge is 2.48. The molecule has 1 fully saturated rings. The summed E-state index contributed by atoms with van der Waals surface area (Å²) in [6.45, 7) is 6.72. The number of rotatable bonds is 7. The molecule has 0 spiro atoms. The van der Waals surface area contributed by atoms with Gasteiger partial charge in [0.25, 0.3) is 0 Å². The molecule has 0 aromatic carbocycles. The average molecular weight is 198 g/mol. The number of ketones is 1. The van der Waals surface area contributed by atoms with E-state index in [-0.39, 0.29) is 11.5 Å². The van der Waals surface area contributed by atoms with E-state index in [9.17, 15) is 4.79 Å². The van der Waals surface area contributed by atoms with Crippen LogP contribution in [0.25, 0.3) is 0 Å². The predicted octanol–water partition coefficient (Wildman–Crippen LogP) is 2.95. The second-order valence-electron chi connectivity index (χ2n) is 4.61. The Morgan fingerprint density at radius 1 is 1.43 bits per heavy atom. The lowest BCUT2D eigenvalue weighted by molar-refractivity contribution is -0.122. The molecule has 2 unspecified atom stereocenters. The highest BCUT2D eigenvalue weighted by Crippen LogP contribution is 2.38. The van der Waals surface area contributed by atoms with Crippen LogP contribution in [-0.4, -0.2) is 18.0 Å². The summed E-state index contributed by atoms with van der Waals surface area (Å²) in [7, 11) is 0. The van der Waals surface area contributed by atoms with Gasteiger partial charge in [-0.3, -0.25) is 4.79 Å². The lowest BCUT2D eigenvalue weighted by Crippen LogP contribution is -2.27. The summed E-state index contributed by atoms with van der Waals surface area (Å²) in [5, 5.41) is 0. The normalized spacial score (nSPS) is 27.4. The van der Waals surface area contributed by atoms with Crippen LogP contribution in [0.5, 0.6) is 0 Å². The first-order valence-electron chi connectivity index (χ1n) is 5.74. The van der Waals surface area contributed by atoms with Gasteiger partial charge in [-0.15, -0.1) is 0 Å². The third kappa shape index (κ3) is 3.09. The molecule has 1 heterocycles. The van der Waals surface area contributed by atoms with Gasteiger partial charge in [0.05, 0.1) is 12.2 Å². The molecule has 82 valence electrons. The van der Waals surface area contributed by atoms with Gasteiger partial charge in [0.1, 0.15) is 5.78 Å². The Hall–Kier alpha value is -0.370. The minimum atomic E-state index is -0.113. The van der Waals surface area contributed by atoms with Crippen molar-refractivity contribution in [3.8, 4) is 0 Å². The Morgan fingerprint density at radius 3 is 2.50 bits per heavy atom. The van der Waals surface area contributed by atoms with E-state index in [0.29, 0.717) is 5.78 Å². The fourth-order valence-corrected chi connectivity index (χ4v) is 2.03. The molecule has 0 saturated carbocycles. The summed E-state index contributed by atoms with van der Waals surface area (Å²) < 4.78 is 5.36. The standard InChI is InChI=1S/C12H22O2/c1-4-5-6-7-8-11(10(2)13)12(3)9-14-12/h11H,4-9H2,1-3H3. The molecular weight excluding hydrogens is 176 g/mol. The number of Topliss-reactive ketones (excluding diaryl/α,β-unsaturated/α-hetero) is 1. The van der Waals surface area contributed by atoms with Gasteiger partial charge in [-0.05, 0) is 20.3 Å². The quantitative estimate of drug-likeness (QED) is 0.465. The number of epoxide rings is 1. The van der Waals surface area contributed by atoms with E-state index in [1.165, 1.54) is 19.3 Å². The van der Waals surface area contributed by atoms with Gasteiger partial charge >= 0.3 is 0 Å². The molecule has 0 aromatic heterocycles. The highest BCUT2D eigenvalue weighted by molar-refractivity contribution is 5.79. The largest absolute Gasteiger partial charge is 0.369 e. The molecule has 14 heavy (non-hydrogen) atoms. The first-order valence-corrected chi connectivity index (χ1v) is 5.74. The fraction of sp³-hybridized carbons (Fsp3) is 0.917. The molecule has 1 rings (SSSR count). The third-order valence-electron chi connectivity index (χ3n) is 3.17. The zero-order chi connectivity index (χ0) is 10.6. The van der Waals surface area contributed by atoms with Crippen LogP contribution >= 0.6 is 0 Å². The van der Waals surface area contributed by atoms with E-state index >= 15 is 0 Å². The van der Waals surface area contributed by atoms with Crippen molar-refractivity contribution in [3.63, 3.8) is 0 Å². The summed E-state index contributed by atoms with van der Waals surface area (Å²) >= 11 is 0. The molecule has 0 N–H and O–H groups in total. The smallest absolute Gasteiger partial charge is 0.135 e. The number of hydrogen-bond acceptors (Lipinski definition) is 2. The summed E-state index contributed by atoms with van der Waals surface area (Å²) in [6.07, 6.45) is 5.94. The second kappa shape index (κ2) is 4.92. The summed E-state index contributed by atoms with van der Waals surface area (Å²) in [5.74, 6) is 0.431. The maximum atomic E-state index is 11.4. The molecule has 1 aliphatic rings. The van der Waals surface area contributed by atoms with Gasteiger partial charge in [0, 0.05) is 5.92 Å². The Bertz CT molecular complexity index is 194. The topological polar surface area (TPSA) is 29.6 Å². The van der Waals surface area contributed by atoms with E-state index in [0.717, 1.165) is 19.4 Å². The van der Waals surface area contributed by atoms with Crippen molar-refractivity contribution in [2.75, 3.05) is 6.61 Å². The van der Waals surface area contributed by atoms with Crippen molar-refractivity contribution in [1.82, 2.24) is 0 Å². The van der Waals surface area contributed by atoms with Crippen molar-refractivity contribution in [2.24, 2.45) is 5.92 Å². The molecule has 0 bridgehead atoms. The fourth-order valence-electron chi connectivity index (χ4n) is 2.03. The summed E-state index contributed by atoms with van der Waals surface area (Å²) in [5.41, 5.74) is -0.113. The van der Waals surface area contributed by atoms with Crippen LogP contribution in [0.1, 0.15) is 52.9 Å². The third-order valence-corrected chi connectivity index (χ3v) is 3.17. The Kier molecular flexibility index (Phi) is 4.11. The average Bonchev–Trinajstić information content (AvgIpc) is 2.83. The van der Waals surface area contributed by atoms with Crippen LogP contribution in [0.15, 0.2) is 0 Å². The monoisotopic (exact) mass is 198 g/mol. The van der Waals surface area contributed by atoms with Gasteiger partial charge in [-0.1, -0.05) is 32.6 Å². The molecule has 0 aromatic rings. The number of hydrogen-bond donors (Lipinski definition) is 0. The highest BCUT2D eigenvalue weighted by atomic mass is 16.6. The maximum absolute atomic E-state index is 11.4. The Labute approximate surface area is 87.0 Å². The van der Waals surface area contributed by atoms with Gasteiger partial charge in [-0.25, -0.2) is 0 Å². The van der Waals surface area contributed by atoms with Gasteiger partial charge in [-0.2, -0.15) is 0 Å². The maximum Gasteiger partial charge on any atom is 0.135 e. The molecule has 0 radical (unpaired) electrons. The summed E-state index contributed by atoms with van der Waals surface area (Å²) in [4.78, 5) is 11.4. The van der Waals surface area contributed by atoms with E-state index < -0.39 is 0 Å². The van der Waals surface area contributed by atoms with Crippen LogP contribution in [-0.2, 0) is 9.53 Å². The Morgan fingerprint density at radius 2 is 2.07 bits per heavy atom. The van der Waals surface area contributed by atoms with Crippen molar-refractivity contribution in [2.45, 2.75) is 58.5 Å². The lowest BCUT2D eigenvalue weighted by atomic mass is 9.86. The van der Waals surface area contributed by atoms with Crippen molar-refractivity contribution in [1.29, 1.82) is 0 Å². The molecule has 1 saturated heterocycles. The zero-order valence-electron chi connectivity index (χ0n) is 9.64. The number of carbonyl (C=O) groups is 1. The number of ether oxygens (including phenoxy) is 1. The first-order chi connectivity index (χ1) is 6.60. The molecule has 2 heteroatoms. The molecular formula is C12H22O2. The first kappa shape index (κ1) is 11.7. The van der Waals surface area contributed by atoms with Crippen LogP contribution in [0.4, 0.5) is 0 Å². The van der Waals surface area contributed by atoms with E-state index in [2.05, 4.69) is 13.8 Å². The van der Waals surface area contributed by atoms with Gasteiger partial charge < -0.3 is 4.74 Å². The van der Waals surface area contributed by atoms with Crippen LogP contribution in [0.3, 0.4) is 0 Å². The van der Waals surface area contributed by atoms with E-state index in [4.69, 9.17) is 4.74 Å². The van der Waals surface area contributed by atoms with Crippen LogP contribution in [0.2, 0.25) is 0 Å². The molecule has 0 aliphatic carbocycles. The lowest BCUT2D eigenvalue weighted by Gasteiger charge is -2.17. The molecule has 2 nitrogen and oxygen atoms in total. The minimum absolute atomic E-state index is 0.113. The zero-order valence-corrected chi connectivity index (χ0v) is 9.64. The molecule has 0 amide bonds. The number of carbonyl (C=O) groups excluding carboxylic acids is 1. The molecule has 1 aliphatic heterocycles. The van der Waals surface area contributed by atoms with Crippen molar-refractivity contribution in [3.05, 3.63) is 0 Å². The molecule has 2 atom stereocenters. The van der Waals surface area contributed by atoms with Gasteiger partial charge in [0.2, 0.25) is 0 Å². The Balaban J connectivity index is 2.26. The van der Waals surface area contributed by atoms with Crippen LogP contribution in [0, 0.1) is 5.92 Å². The van der Waals surface area contributed by atoms with Crippen molar-refractivity contribution < 1.29 is 9.53 Å². The second-order valence-corrected chi connectivity index (χ2v) is 4.61.